The van der Waals surface area contributed by atoms with Crippen molar-refractivity contribution in [2.45, 2.75) is 32.1 Å². The fourth-order valence-electron chi connectivity index (χ4n) is 3.96. The molecule has 1 aromatic heterocycles. The van der Waals surface area contributed by atoms with Crippen molar-refractivity contribution in [3.63, 3.8) is 0 Å². The largest absolute Gasteiger partial charge is 0.378 e. The molecular formula is C26H30N6O4S. The molecule has 2 heterocycles. The van der Waals surface area contributed by atoms with Gasteiger partial charge in [-0.3, -0.25) is 14.4 Å². The second kappa shape index (κ2) is 12.5. The average molecular weight is 523 g/mol. The van der Waals surface area contributed by atoms with Crippen LogP contribution in [0.1, 0.15) is 39.0 Å². The van der Waals surface area contributed by atoms with Crippen molar-refractivity contribution in [3.8, 4) is 0 Å². The van der Waals surface area contributed by atoms with E-state index in [-0.39, 0.29) is 30.0 Å². The molecule has 37 heavy (non-hydrogen) atoms. The van der Waals surface area contributed by atoms with Crippen LogP contribution in [0.25, 0.3) is 0 Å². The Morgan fingerprint density at radius 2 is 1.84 bits per heavy atom. The van der Waals surface area contributed by atoms with Crippen molar-refractivity contribution >= 4 is 35.2 Å². The quantitative estimate of drug-likeness (QED) is 0.415. The normalized spacial score (nSPS) is 13.3. The van der Waals surface area contributed by atoms with Gasteiger partial charge in [0.15, 0.2) is 11.0 Å². The first-order chi connectivity index (χ1) is 18.0. The number of carbonyl (C=O) groups excluding carboxylic acids is 3. The Bertz CT molecular complexity index is 1270. The van der Waals surface area contributed by atoms with Crippen molar-refractivity contribution in [1.82, 2.24) is 25.0 Å². The molecule has 11 heteroatoms. The maximum atomic E-state index is 12.7. The van der Waals surface area contributed by atoms with Crippen molar-refractivity contribution in [1.29, 1.82) is 0 Å². The number of nitrogens with zero attached hydrogens (tertiary/aromatic N) is 4. The number of aryl methyl sites for hydroxylation is 1. The molecular weight excluding hydrogens is 492 g/mol. The number of hydrogen-bond acceptors (Lipinski definition) is 7. The molecule has 0 spiro atoms. The number of anilines is 1. The molecule has 0 aliphatic carbocycles. The summed E-state index contributed by atoms with van der Waals surface area (Å²) in [6.07, 6.45) is 0. The molecule has 2 aromatic carbocycles. The van der Waals surface area contributed by atoms with Crippen LogP contribution in [0.15, 0.2) is 53.7 Å². The number of rotatable bonds is 9. The molecule has 4 rings (SSSR count). The van der Waals surface area contributed by atoms with E-state index in [2.05, 4.69) is 20.8 Å². The molecule has 3 amide bonds. The number of benzene rings is 2. The first-order valence-corrected chi connectivity index (χ1v) is 13.1. The van der Waals surface area contributed by atoms with Crippen LogP contribution in [0.4, 0.5) is 5.69 Å². The average Bonchev–Trinajstić information content (AvgIpc) is 3.32. The minimum atomic E-state index is -0.221. The summed E-state index contributed by atoms with van der Waals surface area (Å²) in [7, 11) is 0. The number of hydrogen-bond donors (Lipinski definition) is 2. The van der Waals surface area contributed by atoms with Gasteiger partial charge in [0.05, 0.1) is 25.5 Å². The lowest BCUT2D eigenvalue weighted by Crippen LogP contribution is -2.40. The van der Waals surface area contributed by atoms with Gasteiger partial charge in [0, 0.05) is 36.4 Å². The van der Waals surface area contributed by atoms with Gasteiger partial charge in [-0.15, -0.1) is 10.2 Å². The molecule has 0 saturated carbocycles. The number of amides is 3. The fourth-order valence-corrected chi connectivity index (χ4v) is 4.78. The van der Waals surface area contributed by atoms with E-state index in [1.807, 2.05) is 36.6 Å². The van der Waals surface area contributed by atoms with Gasteiger partial charge in [-0.25, -0.2) is 0 Å². The summed E-state index contributed by atoms with van der Waals surface area (Å²) in [5, 5.41) is 14.7. The van der Waals surface area contributed by atoms with E-state index in [0.29, 0.717) is 60.6 Å². The highest BCUT2D eigenvalue weighted by Gasteiger charge is 2.19. The molecule has 0 atom stereocenters. The monoisotopic (exact) mass is 522 g/mol. The summed E-state index contributed by atoms with van der Waals surface area (Å²) >= 11 is 1.26. The Balaban J connectivity index is 1.31. The predicted molar refractivity (Wildman–Crippen MR) is 141 cm³/mol. The molecule has 2 N–H and O–H groups in total. The van der Waals surface area contributed by atoms with Gasteiger partial charge in [0.25, 0.3) is 11.8 Å². The summed E-state index contributed by atoms with van der Waals surface area (Å²) in [5.41, 5.74) is 2.60. The predicted octanol–water partition coefficient (Wildman–Crippen LogP) is 2.74. The van der Waals surface area contributed by atoms with Crippen LogP contribution in [0.2, 0.25) is 0 Å². The minimum Gasteiger partial charge on any atom is -0.378 e. The Morgan fingerprint density at radius 1 is 1.05 bits per heavy atom. The van der Waals surface area contributed by atoms with E-state index in [4.69, 9.17) is 4.74 Å². The zero-order valence-electron chi connectivity index (χ0n) is 20.9. The third kappa shape index (κ3) is 6.75. The Kier molecular flexibility index (Phi) is 8.91. The number of ether oxygens (including phenoxy) is 1. The van der Waals surface area contributed by atoms with Crippen LogP contribution in [0.3, 0.4) is 0 Å². The maximum absolute atomic E-state index is 12.7. The summed E-state index contributed by atoms with van der Waals surface area (Å²) in [6, 6.07) is 14.3. The molecule has 194 valence electrons. The number of carbonyl (C=O) groups is 3. The van der Waals surface area contributed by atoms with Crippen LogP contribution in [-0.4, -0.2) is 69.4 Å². The molecule has 10 nitrogen and oxygen atoms in total. The van der Waals surface area contributed by atoms with E-state index in [9.17, 15) is 14.4 Å². The third-order valence-corrected chi connectivity index (χ3v) is 6.90. The van der Waals surface area contributed by atoms with Gasteiger partial charge in [-0.2, -0.15) is 0 Å². The Hall–Kier alpha value is -3.70. The molecule has 1 saturated heterocycles. The van der Waals surface area contributed by atoms with Crippen LogP contribution >= 0.6 is 11.8 Å². The molecule has 1 fully saturated rings. The van der Waals surface area contributed by atoms with Crippen molar-refractivity contribution in [2.24, 2.45) is 0 Å². The van der Waals surface area contributed by atoms with Gasteiger partial charge < -0.3 is 24.8 Å². The third-order valence-electron chi connectivity index (χ3n) is 5.93. The molecule has 1 aliphatic heterocycles. The summed E-state index contributed by atoms with van der Waals surface area (Å²) in [6.45, 7) is 6.84. The van der Waals surface area contributed by atoms with E-state index in [1.54, 1.807) is 35.2 Å². The van der Waals surface area contributed by atoms with E-state index < -0.39 is 0 Å². The summed E-state index contributed by atoms with van der Waals surface area (Å²) in [4.78, 5) is 39.6. The van der Waals surface area contributed by atoms with Crippen LogP contribution < -0.4 is 10.6 Å². The summed E-state index contributed by atoms with van der Waals surface area (Å²) < 4.78 is 7.18. The second-order valence-corrected chi connectivity index (χ2v) is 9.41. The molecule has 0 radical (unpaired) electrons. The fraction of sp³-hybridized carbons (Fsp3) is 0.346. The van der Waals surface area contributed by atoms with E-state index in [0.717, 1.165) is 5.56 Å². The SMILES string of the molecule is CCn1c(CNC(=O)c2ccccc2C)nnc1SCC(=O)Nc1cccc(C(=O)N2CCOCC2)c1. The van der Waals surface area contributed by atoms with Crippen LogP contribution in [-0.2, 0) is 22.6 Å². The van der Waals surface area contributed by atoms with Crippen molar-refractivity contribution in [3.05, 3.63) is 71.0 Å². The topological polar surface area (TPSA) is 118 Å². The first-order valence-electron chi connectivity index (χ1n) is 12.1. The van der Waals surface area contributed by atoms with Gasteiger partial charge in [0.2, 0.25) is 5.91 Å². The first kappa shape index (κ1) is 26.4. The van der Waals surface area contributed by atoms with E-state index in [1.165, 1.54) is 11.8 Å². The van der Waals surface area contributed by atoms with Crippen molar-refractivity contribution in [2.75, 3.05) is 37.4 Å². The highest BCUT2D eigenvalue weighted by Crippen LogP contribution is 2.19. The smallest absolute Gasteiger partial charge is 0.254 e. The number of morpholine rings is 1. The van der Waals surface area contributed by atoms with Crippen LogP contribution in [0, 0.1) is 6.92 Å². The maximum Gasteiger partial charge on any atom is 0.254 e. The second-order valence-electron chi connectivity index (χ2n) is 8.46. The van der Waals surface area contributed by atoms with Gasteiger partial charge in [-0.05, 0) is 43.7 Å². The lowest BCUT2D eigenvalue weighted by Gasteiger charge is -2.27. The highest BCUT2D eigenvalue weighted by atomic mass is 32.2. The molecule has 3 aromatic rings. The highest BCUT2D eigenvalue weighted by molar-refractivity contribution is 7.99. The summed E-state index contributed by atoms with van der Waals surface area (Å²) in [5.74, 6) is 0.260. The van der Waals surface area contributed by atoms with Gasteiger partial charge in [0.1, 0.15) is 0 Å². The lowest BCUT2D eigenvalue weighted by atomic mass is 10.1. The van der Waals surface area contributed by atoms with E-state index >= 15 is 0 Å². The standard InChI is InChI=1S/C26H30N6O4S/c1-3-32-22(16-27-24(34)21-10-5-4-7-18(21)2)29-30-26(32)37-17-23(33)28-20-9-6-8-19(15-20)25(35)31-11-13-36-14-12-31/h4-10,15H,3,11-14,16-17H2,1-2H3,(H,27,34)(H,28,33). The number of nitrogens with one attached hydrogen (secondary N) is 2. The molecule has 0 unspecified atom stereocenters. The molecule has 1 aliphatic rings. The Morgan fingerprint density at radius 3 is 2.59 bits per heavy atom. The minimum absolute atomic E-state index is 0.0770. The van der Waals surface area contributed by atoms with Crippen molar-refractivity contribution < 1.29 is 19.1 Å². The Labute approximate surface area is 219 Å². The zero-order valence-corrected chi connectivity index (χ0v) is 21.7. The molecule has 0 bridgehead atoms. The lowest BCUT2D eigenvalue weighted by molar-refractivity contribution is -0.113. The van der Waals surface area contributed by atoms with Gasteiger partial charge >= 0.3 is 0 Å². The number of aromatic nitrogens is 3. The van der Waals surface area contributed by atoms with Gasteiger partial charge in [-0.1, -0.05) is 36.0 Å². The number of thioether (sulfide) groups is 1. The zero-order chi connectivity index (χ0) is 26.2. The van der Waals surface area contributed by atoms with Crippen LogP contribution in [0.5, 0.6) is 0 Å².